The molecule has 3 rings (SSSR count). The van der Waals surface area contributed by atoms with Crippen molar-refractivity contribution in [3.05, 3.63) is 54.7 Å². The smallest absolute Gasteiger partial charge is 0.202 e. The standard InChI is InChI=1S/C15H13N3O2S/c16-15(17-20)21-14-9-18(10-5-7-11(19)8-6-10)13-4-2-1-3-12(13)14/h1-9,19-20H,(H2,16,17). The van der Waals surface area contributed by atoms with E-state index in [9.17, 15) is 5.11 Å². The molecule has 1 aromatic heterocycles. The van der Waals surface area contributed by atoms with E-state index in [2.05, 4.69) is 5.16 Å². The average Bonchev–Trinajstić information content (AvgIpc) is 2.87. The van der Waals surface area contributed by atoms with Gasteiger partial charge < -0.3 is 20.6 Å². The Bertz CT molecular complexity index is 809. The van der Waals surface area contributed by atoms with Crippen molar-refractivity contribution < 1.29 is 10.3 Å². The number of rotatable bonds is 2. The summed E-state index contributed by atoms with van der Waals surface area (Å²) in [4.78, 5) is 0.897. The van der Waals surface area contributed by atoms with Gasteiger partial charge in [-0.25, -0.2) is 0 Å². The van der Waals surface area contributed by atoms with Crippen LogP contribution in [0.1, 0.15) is 0 Å². The van der Waals surface area contributed by atoms with Gasteiger partial charge in [0.05, 0.1) is 5.52 Å². The molecule has 2 aromatic carbocycles. The fourth-order valence-electron chi connectivity index (χ4n) is 2.19. The van der Waals surface area contributed by atoms with Gasteiger partial charge in [-0.1, -0.05) is 23.4 Å². The van der Waals surface area contributed by atoms with Gasteiger partial charge in [0.25, 0.3) is 0 Å². The molecule has 0 amide bonds. The quantitative estimate of drug-likeness (QED) is 0.223. The second-order valence-electron chi connectivity index (χ2n) is 4.44. The van der Waals surface area contributed by atoms with Crippen molar-refractivity contribution in [2.45, 2.75) is 4.90 Å². The number of aromatic nitrogens is 1. The maximum atomic E-state index is 9.40. The summed E-state index contributed by atoms with van der Waals surface area (Å²) in [7, 11) is 0. The van der Waals surface area contributed by atoms with Crippen LogP contribution >= 0.6 is 11.8 Å². The summed E-state index contributed by atoms with van der Waals surface area (Å²) in [6, 6.07) is 14.8. The first-order valence-corrected chi connectivity index (χ1v) is 7.05. The van der Waals surface area contributed by atoms with Crippen LogP contribution in [-0.4, -0.2) is 20.0 Å². The Morgan fingerprint density at radius 2 is 1.81 bits per heavy atom. The van der Waals surface area contributed by atoms with Gasteiger partial charge in [-0.2, -0.15) is 0 Å². The van der Waals surface area contributed by atoms with E-state index in [1.807, 2.05) is 47.2 Å². The first-order valence-electron chi connectivity index (χ1n) is 6.24. The second kappa shape index (κ2) is 5.41. The highest BCUT2D eigenvalue weighted by molar-refractivity contribution is 8.14. The zero-order chi connectivity index (χ0) is 14.8. The van der Waals surface area contributed by atoms with E-state index in [0.717, 1.165) is 21.5 Å². The van der Waals surface area contributed by atoms with E-state index in [1.165, 1.54) is 11.8 Å². The molecule has 0 fully saturated rings. The van der Waals surface area contributed by atoms with Crippen LogP contribution in [0.2, 0.25) is 0 Å². The summed E-state index contributed by atoms with van der Waals surface area (Å²) in [5.74, 6) is 0.224. The third-order valence-corrected chi connectivity index (χ3v) is 3.95. The normalized spacial score (nSPS) is 11.9. The molecule has 0 bridgehead atoms. The third-order valence-electron chi connectivity index (χ3n) is 3.12. The number of thioether (sulfide) groups is 1. The highest BCUT2D eigenvalue weighted by Gasteiger charge is 2.11. The summed E-state index contributed by atoms with van der Waals surface area (Å²) in [5.41, 5.74) is 7.52. The average molecular weight is 299 g/mol. The molecule has 21 heavy (non-hydrogen) atoms. The Balaban J connectivity index is 2.17. The Morgan fingerprint density at radius 3 is 2.52 bits per heavy atom. The van der Waals surface area contributed by atoms with Crippen molar-refractivity contribution in [1.82, 2.24) is 4.57 Å². The van der Waals surface area contributed by atoms with Crippen LogP contribution in [0.4, 0.5) is 0 Å². The molecule has 106 valence electrons. The molecule has 3 aromatic rings. The minimum Gasteiger partial charge on any atom is -0.508 e. The molecule has 5 nitrogen and oxygen atoms in total. The number of oxime groups is 1. The van der Waals surface area contributed by atoms with Crippen LogP contribution < -0.4 is 5.73 Å². The lowest BCUT2D eigenvalue weighted by atomic mass is 10.2. The number of para-hydroxylation sites is 1. The van der Waals surface area contributed by atoms with Crippen molar-refractivity contribution in [2.75, 3.05) is 0 Å². The molecule has 6 heteroatoms. The van der Waals surface area contributed by atoms with Gasteiger partial charge in [-0.15, -0.1) is 0 Å². The Kier molecular flexibility index (Phi) is 3.45. The first kappa shape index (κ1) is 13.4. The van der Waals surface area contributed by atoms with Crippen LogP contribution in [0, 0.1) is 0 Å². The van der Waals surface area contributed by atoms with E-state index in [1.54, 1.807) is 12.1 Å². The van der Waals surface area contributed by atoms with Crippen molar-refractivity contribution in [3.63, 3.8) is 0 Å². The van der Waals surface area contributed by atoms with E-state index in [0.29, 0.717) is 0 Å². The van der Waals surface area contributed by atoms with Gasteiger partial charge >= 0.3 is 0 Å². The zero-order valence-corrected chi connectivity index (χ0v) is 11.8. The predicted molar refractivity (Wildman–Crippen MR) is 84.2 cm³/mol. The second-order valence-corrected chi connectivity index (χ2v) is 5.50. The summed E-state index contributed by atoms with van der Waals surface area (Å²) in [6.45, 7) is 0. The van der Waals surface area contributed by atoms with Crippen molar-refractivity contribution >= 4 is 27.8 Å². The highest BCUT2D eigenvalue weighted by atomic mass is 32.2. The zero-order valence-electron chi connectivity index (χ0n) is 11.0. The van der Waals surface area contributed by atoms with Crippen LogP contribution in [0.3, 0.4) is 0 Å². The summed E-state index contributed by atoms with van der Waals surface area (Å²) >= 11 is 1.20. The number of fused-ring (bicyclic) bond motifs is 1. The number of aromatic hydroxyl groups is 1. The van der Waals surface area contributed by atoms with Crippen molar-refractivity contribution in [1.29, 1.82) is 0 Å². The lowest BCUT2D eigenvalue weighted by Gasteiger charge is -2.04. The number of benzene rings is 2. The topological polar surface area (TPSA) is 83.8 Å². The molecule has 0 saturated heterocycles. The maximum Gasteiger partial charge on any atom is 0.202 e. The molecular formula is C15H13N3O2S. The number of nitrogens with two attached hydrogens (primary N) is 1. The minimum absolute atomic E-state index is 0.0867. The van der Waals surface area contributed by atoms with Gasteiger partial charge in [-0.05, 0) is 42.1 Å². The van der Waals surface area contributed by atoms with Gasteiger partial charge in [-0.3, -0.25) is 0 Å². The Labute approximate surface area is 125 Å². The number of hydrogen-bond acceptors (Lipinski definition) is 4. The Hall–Kier alpha value is -2.60. The molecule has 0 atom stereocenters. The Morgan fingerprint density at radius 1 is 1.10 bits per heavy atom. The monoisotopic (exact) mass is 299 g/mol. The molecule has 0 spiro atoms. The fraction of sp³-hybridized carbons (Fsp3) is 0. The predicted octanol–water partition coefficient (Wildman–Crippen LogP) is 3.13. The fourth-order valence-corrected chi connectivity index (χ4v) is 2.90. The number of amidine groups is 1. The van der Waals surface area contributed by atoms with E-state index >= 15 is 0 Å². The SMILES string of the molecule is NC(=NO)Sc1cn(-c2ccc(O)cc2)c2ccccc12. The molecule has 1 heterocycles. The number of nitrogens with zero attached hydrogens (tertiary/aromatic N) is 2. The van der Waals surface area contributed by atoms with E-state index in [-0.39, 0.29) is 10.9 Å². The van der Waals surface area contributed by atoms with Gasteiger partial charge in [0, 0.05) is 22.2 Å². The third kappa shape index (κ3) is 2.53. The van der Waals surface area contributed by atoms with Crippen LogP contribution in [0.5, 0.6) is 5.75 Å². The van der Waals surface area contributed by atoms with Crippen molar-refractivity contribution in [2.24, 2.45) is 10.9 Å². The molecule has 0 saturated carbocycles. The molecule has 0 unspecified atom stereocenters. The molecule has 0 radical (unpaired) electrons. The van der Waals surface area contributed by atoms with Crippen LogP contribution in [-0.2, 0) is 0 Å². The van der Waals surface area contributed by atoms with Crippen LogP contribution in [0.25, 0.3) is 16.6 Å². The van der Waals surface area contributed by atoms with Crippen molar-refractivity contribution in [3.8, 4) is 11.4 Å². The summed E-state index contributed by atoms with van der Waals surface area (Å²) < 4.78 is 2.00. The number of phenols is 1. The summed E-state index contributed by atoms with van der Waals surface area (Å²) in [6.07, 6.45) is 1.93. The minimum atomic E-state index is 0.0867. The highest BCUT2D eigenvalue weighted by Crippen LogP contribution is 2.32. The lowest BCUT2D eigenvalue weighted by molar-refractivity contribution is 0.320. The number of phenolic OH excluding ortho intramolecular Hbond substituents is 1. The molecule has 4 N–H and O–H groups in total. The molecular weight excluding hydrogens is 286 g/mol. The van der Waals surface area contributed by atoms with Crippen LogP contribution in [0.15, 0.2) is 64.8 Å². The van der Waals surface area contributed by atoms with E-state index < -0.39 is 0 Å². The van der Waals surface area contributed by atoms with E-state index in [4.69, 9.17) is 10.9 Å². The summed E-state index contributed by atoms with van der Waals surface area (Å²) in [5, 5.41) is 22.2. The van der Waals surface area contributed by atoms with Gasteiger partial charge in [0.2, 0.25) is 5.17 Å². The van der Waals surface area contributed by atoms with Gasteiger partial charge in [0.15, 0.2) is 0 Å². The number of hydrogen-bond donors (Lipinski definition) is 3. The molecule has 0 aliphatic heterocycles. The first-order chi connectivity index (χ1) is 10.2. The lowest BCUT2D eigenvalue weighted by Crippen LogP contribution is -2.05. The largest absolute Gasteiger partial charge is 0.508 e. The van der Waals surface area contributed by atoms with Gasteiger partial charge in [0.1, 0.15) is 5.75 Å². The molecule has 0 aliphatic carbocycles. The molecule has 0 aliphatic rings. The maximum absolute atomic E-state index is 9.40.